The fourth-order valence-electron chi connectivity index (χ4n) is 4.25. The summed E-state index contributed by atoms with van der Waals surface area (Å²) in [5, 5.41) is 14.2. The van der Waals surface area contributed by atoms with Crippen molar-refractivity contribution < 1.29 is 28.6 Å². The van der Waals surface area contributed by atoms with E-state index in [9.17, 15) is 14.4 Å². The second-order valence-corrected chi connectivity index (χ2v) is 8.20. The molecule has 0 saturated carbocycles. The van der Waals surface area contributed by atoms with Gasteiger partial charge in [-0.15, -0.1) is 0 Å². The number of fused-ring (bicyclic) bond motifs is 3. The fourth-order valence-corrected chi connectivity index (χ4v) is 4.25. The predicted molar refractivity (Wildman–Crippen MR) is 126 cm³/mol. The Morgan fingerprint density at radius 2 is 1.68 bits per heavy atom. The Morgan fingerprint density at radius 3 is 2.29 bits per heavy atom. The van der Waals surface area contributed by atoms with Crippen LogP contribution in [0.3, 0.4) is 0 Å². The van der Waals surface area contributed by atoms with Crippen molar-refractivity contribution >= 4 is 23.7 Å². The monoisotopic (exact) mass is 462 g/mol. The van der Waals surface area contributed by atoms with Crippen molar-refractivity contribution in [3.05, 3.63) is 77.7 Å². The number of carboxylic acid groups (broad SMARTS) is 1. The second-order valence-electron chi connectivity index (χ2n) is 8.20. The van der Waals surface area contributed by atoms with Gasteiger partial charge in [0.25, 0.3) is 5.91 Å². The molecule has 176 valence electrons. The molecule has 1 aliphatic rings. The number of anilines is 1. The van der Waals surface area contributed by atoms with Crippen molar-refractivity contribution in [3.63, 3.8) is 0 Å². The first-order valence-electron chi connectivity index (χ1n) is 11.2. The molecule has 0 saturated heterocycles. The number of hydrogen-bond acceptors (Lipinski definition) is 5. The molecule has 0 aliphatic heterocycles. The van der Waals surface area contributed by atoms with Crippen molar-refractivity contribution in [1.29, 1.82) is 0 Å². The Balaban J connectivity index is 1.37. The molecule has 0 spiro atoms. The lowest BCUT2D eigenvalue weighted by Crippen LogP contribution is -2.30. The molecule has 0 bridgehead atoms. The van der Waals surface area contributed by atoms with Gasteiger partial charge < -0.3 is 19.6 Å². The fraction of sp³-hybridized carbons (Fsp3) is 0.269. The third-order valence-corrected chi connectivity index (χ3v) is 6.04. The lowest BCUT2D eigenvalue weighted by Gasteiger charge is -2.15. The third kappa shape index (κ3) is 4.96. The third-order valence-electron chi connectivity index (χ3n) is 6.04. The molecule has 2 amide bonds. The van der Waals surface area contributed by atoms with E-state index in [0.29, 0.717) is 6.42 Å². The number of rotatable bonds is 9. The summed E-state index contributed by atoms with van der Waals surface area (Å²) in [6, 6.07) is 17.6. The first kappa shape index (κ1) is 23.1. The highest BCUT2D eigenvalue weighted by molar-refractivity contribution is 6.00. The van der Waals surface area contributed by atoms with Crippen LogP contribution in [-0.2, 0) is 9.53 Å². The number of carbonyl (C=O) groups excluding carboxylic acids is 2. The Labute approximate surface area is 196 Å². The molecule has 3 aromatic rings. The summed E-state index contributed by atoms with van der Waals surface area (Å²) in [6.45, 7) is 2.19. The molecule has 1 heterocycles. The molecule has 8 nitrogen and oxygen atoms in total. The maximum atomic E-state index is 12.5. The number of hydrogen-bond donors (Lipinski definition) is 3. The maximum absolute atomic E-state index is 12.5. The Kier molecular flexibility index (Phi) is 6.96. The van der Waals surface area contributed by atoms with Crippen LogP contribution in [0, 0.1) is 5.92 Å². The topological polar surface area (TPSA) is 118 Å². The summed E-state index contributed by atoms with van der Waals surface area (Å²) in [5.74, 6) is -1.81. The number of nitrogens with one attached hydrogen (secondary N) is 2. The van der Waals surface area contributed by atoms with Crippen LogP contribution in [0.5, 0.6) is 0 Å². The first-order chi connectivity index (χ1) is 16.5. The number of furan rings is 1. The summed E-state index contributed by atoms with van der Waals surface area (Å²) in [7, 11) is 0. The maximum Gasteiger partial charge on any atom is 0.411 e. The smallest absolute Gasteiger partial charge is 0.411 e. The van der Waals surface area contributed by atoms with E-state index >= 15 is 0 Å². The summed E-state index contributed by atoms with van der Waals surface area (Å²) in [5.41, 5.74) is 4.66. The number of amides is 2. The molecular weight excluding hydrogens is 436 g/mol. The van der Waals surface area contributed by atoms with Crippen LogP contribution in [0.15, 0.2) is 65.3 Å². The lowest BCUT2D eigenvalue weighted by molar-refractivity contribution is -0.138. The molecule has 1 aromatic heterocycles. The SMILES string of the molecule is CCC(CNC(=O)c1occc1NC(=O)OCC1c2ccccc2-c2ccccc21)CC(=O)O. The lowest BCUT2D eigenvalue weighted by atomic mass is 9.98. The summed E-state index contributed by atoms with van der Waals surface area (Å²) < 4.78 is 10.8. The quantitative estimate of drug-likeness (QED) is 0.418. The number of aliphatic carboxylic acids is 1. The van der Waals surface area contributed by atoms with Gasteiger partial charge in [-0.2, -0.15) is 0 Å². The Morgan fingerprint density at radius 1 is 1.03 bits per heavy atom. The summed E-state index contributed by atoms with van der Waals surface area (Å²) in [6.07, 6.45) is 1.16. The van der Waals surface area contributed by atoms with Crippen molar-refractivity contribution in [1.82, 2.24) is 5.32 Å². The van der Waals surface area contributed by atoms with Crippen LogP contribution in [0.2, 0.25) is 0 Å². The first-order valence-corrected chi connectivity index (χ1v) is 11.2. The van der Waals surface area contributed by atoms with Gasteiger partial charge in [0.15, 0.2) is 0 Å². The zero-order valence-electron chi connectivity index (χ0n) is 18.7. The second kappa shape index (κ2) is 10.2. The van der Waals surface area contributed by atoms with Crippen LogP contribution < -0.4 is 10.6 Å². The van der Waals surface area contributed by atoms with E-state index in [1.165, 1.54) is 12.3 Å². The van der Waals surface area contributed by atoms with E-state index in [4.69, 9.17) is 14.3 Å². The standard InChI is InChI=1S/C26H26N2O6/c1-2-16(13-23(29)30)14-27-25(31)24-22(11-12-33-24)28-26(32)34-15-21-19-9-5-3-7-17(19)18-8-4-6-10-20(18)21/h3-12,16,21H,2,13-15H2,1H3,(H,27,31)(H,28,32)(H,29,30). The van der Waals surface area contributed by atoms with Gasteiger partial charge >= 0.3 is 12.1 Å². The summed E-state index contributed by atoms with van der Waals surface area (Å²) in [4.78, 5) is 36.0. The predicted octanol–water partition coefficient (Wildman–Crippen LogP) is 4.87. The minimum Gasteiger partial charge on any atom is -0.481 e. The van der Waals surface area contributed by atoms with Gasteiger partial charge in [0.05, 0.1) is 12.0 Å². The largest absolute Gasteiger partial charge is 0.481 e. The molecular formula is C26H26N2O6. The van der Waals surface area contributed by atoms with E-state index < -0.39 is 18.0 Å². The van der Waals surface area contributed by atoms with Crippen molar-refractivity contribution in [2.75, 3.05) is 18.5 Å². The zero-order valence-corrected chi connectivity index (χ0v) is 18.7. The van der Waals surface area contributed by atoms with E-state index in [1.807, 2.05) is 43.3 Å². The molecule has 0 radical (unpaired) electrons. The number of benzene rings is 2. The van der Waals surface area contributed by atoms with Gasteiger partial charge in [0.2, 0.25) is 5.76 Å². The zero-order chi connectivity index (χ0) is 24.1. The molecule has 4 rings (SSSR count). The van der Waals surface area contributed by atoms with Gasteiger partial charge in [0, 0.05) is 24.9 Å². The molecule has 0 fully saturated rings. The Hall–Kier alpha value is -4.07. The van der Waals surface area contributed by atoms with Crippen LogP contribution in [0.1, 0.15) is 47.4 Å². The summed E-state index contributed by atoms with van der Waals surface area (Å²) >= 11 is 0. The normalized spacial score (nSPS) is 13.0. The van der Waals surface area contributed by atoms with Crippen molar-refractivity contribution in [2.24, 2.45) is 5.92 Å². The minimum absolute atomic E-state index is 0.0419. The highest BCUT2D eigenvalue weighted by Crippen LogP contribution is 2.44. The van der Waals surface area contributed by atoms with Crippen LogP contribution in [0.25, 0.3) is 11.1 Å². The molecule has 1 atom stereocenters. The molecule has 34 heavy (non-hydrogen) atoms. The van der Waals surface area contributed by atoms with Crippen LogP contribution >= 0.6 is 0 Å². The number of carbonyl (C=O) groups is 3. The van der Waals surface area contributed by atoms with Gasteiger partial charge in [-0.1, -0.05) is 61.9 Å². The van der Waals surface area contributed by atoms with Gasteiger partial charge in [-0.25, -0.2) is 4.79 Å². The van der Waals surface area contributed by atoms with E-state index in [2.05, 4.69) is 22.8 Å². The van der Waals surface area contributed by atoms with Gasteiger partial charge in [0.1, 0.15) is 6.61 Å². The average Bonchev–Trinajstić information content (AvgIpc) is 3.42. The highest BCUT2D eigenvalue weighted by Gasteiger charge is 2.29. The average molecular weight is 463 g/mol. The number of ether oxygens (including phenoxy) is 1. The molecule has 1 unspecified atom stereocenters. The van der Waals surface area contributed by atoms with E-state index in [1.54, 1.807) is 0 Å². The number of carboxylic acids is 1. The molecule has 1 aliphatic carbocycles. The molecule has 2 aromatic carbocycles. The highest BCUT2D eigenvalue weighted by atomic mass is 16.5. The van der Waals surface area contributed by atoms with E-state index in [-0.39, 0.29) is 42.9 Å². The molecule has 8 heteroatoms. The molecule has 3 N–H and O–H groups in total. The van der Waals surface area contributed by atoms with Crippen molar-refractivity contribution in [3.8, 4) is 11.1 Å². The van der Waals surface area contributed by atoms with Gasteiger partial charge in [-0.3, -0.25) is 14.9 Å². The van der Waals surface area contributed by atoms with Crippen LogP contribution in [-0.4, -0.2) is 36.2 Å². The van der Waals surface area contributed by atoms with E-state index in [0.717, 1.165) is 22.3 Å². The van der Waals surface area contributed by atoms with Crippen molar-refractivity contribution in [2.45, 2.75) is 25.7 Å². The van der Waals surface area contributed by atoms with Crippen LogP contribution in [0.4, 0.5) is 10.5 Å². The Bertz CT molecular complexity index is 1160. The van der Waals surface area contributed by atoms with Gasteiger partial charge in [-0.05, 0) is 28.2 Å². The minimum atomic E-state index is -0.920.